The second-order valence-corrected chi connectivity index (χ2v) is 6.28. The van der Waals surface area contributed by atoms with Gasteiger partial charge in [-0.15, -0.1) is 0 Å². The number of halogens is 1. The highest BCUT2D eigenvalue weighted by atomic mass is 79.9. The molecule has 1 aromatic rings. The molecule has 102 valence electrons. The lowest BCUT2D eigenvalue weighted by atomic mass is 9.99. The molecule has 0 spiro atoms. The molecular formula is C13H22BrN3O. The molecular weight excluding hydrogens is 294 g/mol. The van der Waals surface area contributed by atoms with Crippen molar-refractivity contribution in [2.75, 3.05) is 19.6 Å². The van der Waals surface area contributed by atoms with E-state index < -0.39 is 0 Å². The summed E-state index contributed by atoms with van der Waals surface area (Å²) in [6.07, 6.45) is 4.08. The summed E-state index contributed by atoms with van der Waals surface area (Å²) in [5.74, 6) is 0.836. The summed E-state index contributed by atoms with van der Waals surface area (Å²) >= 11 is 3.44. The van der Waals surface area contributed by atoms with Crippen molar-refractivity contribution in [2.45, 2.75) is 39.3 Å². The van der Waals surface area contributed by atoms with Crippen LogP contribution in [0.3, 0.4) is 0 Å². The number of likely N-dealkylation sites (tertiary alicyclic amines) is 1. The van der Waals surface area contributed by atoms with Crippen LogP contribution in [0.2, 0.25) is 0 Å². The SMILES string of the molecule is Cc1nn(C[C@H](O)CN2CCC(C)CC2)cc1Br. The molecule has 5 heteroatoms. The van der Waals surface area contributed by atoms with Gasteiger partial charge in [0, 0.05) is 12.7 Å². The van der Waals surface area contributed by atoms with Crippen molar-refractivity contribution in [3.05, 3.63) is 16.4 Å². The molecule has 0 aromatic carbocycles. The largest absolute Gasteiger partial charge is 0.390 e. The Labute approximate surface area is 117 Å². The van der Waals surface area contributed by atoms with Gasteiger partial charge in [0.05, 0.1) is 22.8 Å². The molecule has 1 saturated heterocycles. The average molecular weight is 316 g/mol. The van der Waals surface area contributed by atoms with Crippen LogP contribution in [-0.4, -0.2) is 45.5 Å². The van der Waals surface area contributed by atoms with Crippen LogP contribution >= 0.6 is 15.9 Å². The number of piperidine rings is 1. The predicted molar refractivity (Wildman–Crippen MR) is 75.5 cm³/mol. The van der Waals surface area contributed by atoms with E-state index in [9.17, 15) is 5.11 Å². The zero-order chi connectivity index (χ0) is 13.1. The maximum absolute atomic E-state index is 10.1. The van der Waals surface area contributed by atoms with E-state index in [0.29, 0.717) is 6.54 Å². The first kappa shape index (κ1) is 14.0. The molecule has 4 nitrogen and oxygen atoms in total. The highest BCUT2D eigenvalue weighted by molar-refractivity contribution is 9.10. The Kier molecular flexibility index (Phi) is 4.81. The maximum atomic E-state index is 10.1. The van der Waals surface area contributed by atoms with Crippen LogP contribution in [0, 0.1) is 12.8 Å². The molecule has 0 bridgehead atoms. The van der Waals surface area contributed by atoms with E-state index in [1.807, 2.05) is 17.8 Å². The van der Waals surface area contributed by atoms with Crippen LogP contribution < -0.4 is 0 Å². The summed E-state index contributed by atoms with van der Waals surface area (Å²) in [4.78, 5) is 2.36. The third-order valence-electron chi connectivity index (χ3n) is 3.63. The first-order chi connectivity index (χ1) is 8.54. The number of aliphatic hydroxyl groups is 1. The summed E-state index contributed by atoms with van der Waals surface area (Å²) < 4.78 is 2.82. The summed E-state index contributed by atoms with van der Waals surface area (Å²) in [6.45, 7) is 7.80. The second kappa shape index (κ2) is 6.17. The number of rotatable bonds is 4. The Hall–Kier alpha value is -0.390. The quantitative estimate of drug-likeness (QED) is 0.924. The van der Waals surface area contributed by atoms with E-state index >= 15 is 0 Å². The van der Waals surface area contributed by atoms with E-state index in [-0.39, 0.29) is 6.10 Å². The average Bonchev–Trinajstić information content (AvgIpc) is 2.61. The van der Waals surface area contributed by atoms with Gasteiger partial charge in [0.1, 0.15) is 0 Å². The van der Waals surface area contributed by atoms with Crippen molar-refractivity contribution in [1.29, 1.82) is 0 Å². The lowest BCUT2D eigenvalue weighted by molar-refractivity contribution is 0.0777. The second-order valence-electron chi connectivity index (χ2n) is 5.42. The fraction of sp³-hybridized carbons (Fsp3) is 0.769. The summed E-state index contributed by atoms with van der Waals surface area (Å²) in [5.41, 5.74) is 0.967. The van der Waals surface area contributed by atoms with Gasteiger partial charge in [-0.1, -0.05) is 6.92 Å². The van der Waals surface area contributed by atoms with Crippen molar-refractivity contribution in [2.24, 2.45) is 5.92 Å². The minimum absolute atomic E-state index is 0.343. The van der Waals surface area contributed by atoms with Crippen LogP contribution in [0.5, 0.6) is 0 Å². The summed E-state index contributed by atoms with van der Waals surface area (Å²) in [6, 6.07) is 0. The fourth-order valence-electron chi connectivity index (χ4n) is 2.40. The van der Waals surface area contributed by atoms with E-state index in [1.165, 1.54) is 12.8 Å². The third-order valence-corrected chi connectivity index (χ3v) is 4.41. The molecule has 0 unspecified atom stereocenters. The number of hydrogen-bond donors (Lipinski definition) is 1. The molecule has 1 fully saturated rings. The van der Waals surface area contributed by atoms with Gasteiger partial charge in [-0.25, -0.2) is 0 Å². The number of aliphatic hydroxyl groups excluding tert-OH is 1. The minimum atomic E-state index is -0.343. The lowest BCUT2D eigenvalue weighted by Gasteiger charge is -2.31. The predicted octanol–water partition coefficient (Wildman–Crippen LogP) is 2.05. The van der Waals surface area contributed by atoms with Gasteiger partial charge >= 0.3 is 0 Å². The standard InChI is InChI=1S/C13H22BrN3O/c1-10-3-5-16(6-4-10)7-12(18)8-17-9-13(14)11(2)15-17/h9-10,12,18H,3-8H2,1-2H3/t12-/m1/s1. The number of aromatic nitrogens is 2. The van der Waals surface area contributed by atoms with E-state index in [4.69, 9.17) is 0 Å². The van der Waals surface area contributed by atoms with Crippen LogP contribution in [0.25, 0.3) is 0 Å². The van der Waals surface area contributed by atoms with Gasteiger partial charge in [-0.3, -0.25) is 4.68 Å². The van der Waals surface area contributed by atoms with Crippen molar-refractivity contribution in [3.63, 3.8) is 0 Å². The number of β-amino-alcohol motifs (C(OH)–C–C–N with tert-alkyl or cyclic N) is 1. The molecule has 1 atom stereocenters. The molecule has 18 heavy (non-hydrogen) atoms. The van der Waals surface area contributed by atoms with Crippen LogP contribution in [0.4, 0.5) is 0 Å². The molecule has 0 saturated carbocycles. The Bertz CT molecular complexity index is 366. The Balaban J connectivity index is 1.79. The fourth-order valence-corrected chi connectivity index (χ4v) is 2.72. The number of hydrogen-bond acceptors (Lipinski definition) is 3. The highest BCUT2D eigenvalue weighted by Crippen LogP contribution is 2.17. The third kappa shape index (κ3) is 3.80. The van der Waals surface area contributed by atoms with Gasteiger partial charge in [-0.05, 0) is 54.7 Å². The summed E-state index contributed by atoms with van der Waals surface area (Å²) in [7, 11) is 0. The number of aryl methyl sites for hydroxylation is 1. The van der Waals surface area contributed by atoms with Crippen LogP contribution in [-0.2, 0) is 6.54 Å². The molecule has 2 rings (SSSR count). The highest BCUT2D eigenvalue weighted by Gasteiger charge is 2.18. The molecule has 0 aliphatic carbocycles. The monoisotopic (exact) mass is 315 g/mol. The molecule has 1 aromatic heterocycles. The van der Waals surface area contributed by atoms with E-state index in [1.54, 1.807) is 0 Å². The van der Waals surface area contributed by atoms with Gasteiger partial charge in [0.15, 0.2) is 0 Å². The molecule has 0 radical (unpaired) electrons. The summed E-state index contributed by atoms with van der Waals surface area (Å²) in [5, 5.41) is 14.4. The van der Waals surface area contributed by atoms with Crippen molar-refractivity contribution in [3.8, 4) is 0 Å². The van der Waals surface area contributed by atoms with Gasteiger partial charge in [-0.2, -0.15) is 5.10 Å². The smallest absolute Gasteiger partial charge is 0.0862 e. The molecule has 0 amide bonds. The Morgan fingerprint density at radius 2 is 2.11 bits per heavy atom. The molecule has 1 N–H and O–H groups in total. The zero-order valence-electron chi connectivity index (χ0n) is 11.1. The van der Waals surface area contributed by atoms with Gasteiger partial charge in [0.2, 0.25) is 0 Å². The molecule has 1 aliphatic rings. The van der Waals surface area contributed by atoms with Gasteiger partial charge < -0.3 is 10.0 Å². The van der Waals surface area contributed by atoms with Crippen molar-refractivity contribution < 1.29 is 5.11 Å². The minimum Gasteiger partial charge on any atom is -0.390 e. The number of nitrogens with zero attached hydrogens (tertiary/aromatic N) is 3. The maximum Gasteiger partial charge on any atom is 0.0862 e. The van der Waals surface area contributed by atoms with Crippen molar-refractivity contribution in [1.82, 2.24) is 14.7 Å². The van der Waals surface area contributed by atoms with E-state index in [0.717, 1.165) is 35.7 Å². The van der Waals surface area contributed by atoms with Gasteiger partial charge in [0.25, 0.3) is 0 Å². The Morgan fingerprint density at radius 3 is 2.67 bits per heavy atom. The van der Waals surface area contributed by atoms with E-state index in [2.05, 4.69) is 32.9 Å². The molecule has 1 aliphatic heterocycles. The zero-order valence-corrected chi connectivity index (χ0v) is 12.7. The Morgan fingerprint density at radius 1 is 1.44 bits per heavy atom. The molecule has 2 heterocycles. The van der Waals surface area contributed by atoms with Crippen molar-refractivity contribution >= 4 is 15.9 Å². The van der Waals surface area contributed by atoms with Crippen LogP contribution in [0.15, 0.2) is 10.7 Å². The van der Waals surface area contributed by atoms with Crippen LogP contribution in [0.1, 0.15) is 25.5 Å². The topological polar surface area (TPSA) is 41.3 Å². The first-order valence-corrected chi connectivity index (χ1v) is 7.44. The lowest BCUT2D eigenvalue weighted by Crippen LogP contribution is -2.39. The normalized spacial score (nSPS) is 20.2. The first-order valence-electron chi connectivity index (χ1n) is 6.64.